The third-order valence-corrected chi connectivity index (χ3v) is 5.84. The fourth-order valence-electron chi connectivity index (χ4n) is 4.85. The van der Waals surface area contributed by atoms with E-state index in [-0.39, 0.29) is 35.6 Å². The first kappa shape index (κ1) is 10.9. The molecule has 1 aliphatic heterocycles. The van der Waals surface area contributed by atoms with Gasteiger partial charge < -0.3 is 4.42 Å². The molecule has 102 valence electrons. The molecule has 20 heavy (non-hydrogen) atoms. The first-order valence-corrected chi connectivity index (χ1v) is 7.28. The third kappa shape index (κ3) is 1.06. The Morgan fingerprint density at radius 1 is 1.15 bits per heavy atom. The minimum atomic E-state index is -0.102. The number of fused-ring (bicyclic) bond motifs is 3. The average Bonchev–Trinajstić information content (AvgIpc) is 2.73. The predicted molar refractivity (Wildman–Crippen MR) is 69.0 cm³/mol. The van der Waals surface area contributed by atoms with E-state index in [1.165, 1.54) is 17.7 Å². The summed E-state index contributed by atoms with van der Waals surface area (Å²) in [4.78, 5) is 26.7. The fourth-order valence-corrected chi connectivity index (χ4v) is 4.85. The van der Waals surface area contributed by atoms with Gasteiger partial charge in [0.15, 0.2) is 0 Å². The van der Waals surface area contributed by atoms with Crippen molar-refractivity contribution in [1.29, 1.82) is 0 Å². The van der Waals surface area contributed by atoms with Gasteiger partial charge in [0.25, 0.3) is 0 Å². The van der Waals surface area contributed by atoms with E-state index in [9.17, 15) is 9.59 Å². The Morgan fingerprint density at radius 3 is 2.30 bits per heavy atom. The zero-order valence-corrected chi connectivity index (χ0v) is 11.0. The van der Waals surface area contributed by atoms with E-state index >= 15 is 0 Å². The second kappa shape index (κ2) is 3.25. The van der Waals surface area contributed by atoms with Crippen molar-refractivity contribution in [2.24, 2.45) is 29.1 Å². The van der Waals surface area contributed by atoms with E-state index in [0.717, 1.165) is 0 Å². The molecule has 4 atom stereocenters. The van der Waals surface area contributed by atoms with Crippen LogP contribution in [-0.2, 0) is 16.1 Å². The van der Waals surface area contributed by atoms with Crippen LogP contribution >= 0.6 is 0 Å². The smallest absolute Gasteiger partial charge is 0.234 e. The van der Waals surface area contributed by atoms with Crippen molar-refractivity contribution in [3.8, 4) is 0 Å². The molecule has 0 unspecified atom stereocenters. The second-order valence-corrected chi connectivity index (χ2v) is 6.56. The number of amides is 2. The van der Waals surface area contributed by atoms with Crippen molar-refractivity contribution in [3.63, 3.8) is 0 Å². The molecule has 0 radical (unpaired) electrons. The van der Waals surface area contributed by atoms with Crippen LogP contribution in [-0.4, -0.2) is 16.7 Å². The lowest BCUT2D eigenvalue weighted by molar-refractivity contribution is -0.142. The summed E-state index contributed by atoms with van der Waals surface area (Å²) in [5, 5.41) is 0. The molecule has 4 heteroatoms. The standard InChI is InChI=1S/C16H15NO3/c18-14-12-10-3-4-11(16(10)5-6-16)13(12)15(19)17(14)8-9-2-1-7-20-9/h1-4,7,10-13H,5-6,8H2/t10-,11+,12-,13-/m0/s1. The molecule has 3 aliphatic carbocycles. The van der Waals surface area contributed by atoms with Crippen molar-refractivity contribution in [2.45, 2.75) is 19.4 Å². The van der Waals surface area contributed by atoms with Gasteiger partial charge in [-0.1, -0.05) is 12.2 Å². The summed E-state index contributed by atoms with van der Waals surface area (Å²) in [6, 6.07) is 3.59. The van der Waals surface area contributed by atoms with Crippen molar-refractivity contribution >= 4 is 11.8 Å². The van der Waals surface area contributed by atoms with Gasteiger partial charge in [-0.15, -0.1) is 0 Å². The zero-order valence-electron chi connectivity index (χ0n) is 11.0. The van der Waals surface area contributed by atoms with Crippen molar-refractivity contribution in [1.82, 2.24) is 4.90 Å². The molecule has 2 heterocycles. The minimum absolute atomic E-state index is 0.0134. The van der Waals surface area contributed by atoms with Gasteiger partial charge in [-0.2, -0.15) is 0 Å². The summed E-state index contributed by atoms with van der Waals surface area (Å²) in [6.07, 6.45) is 8.33. The number of rotatable bonds is 2. The van der Waals surface area contributed by atoms with Crippen LogP contribution in [0, 0.1) is 29.1 Å². The van der Waals surface area contributed by atoms with E-state index in [1.54, 1.807) is 12.3 Å². The number of carbonyl (C=O) groups is 2. The molecule has 1 aromatic heterocycles. The molecule has 4 nitrogen and oxygen atoms in total. The molecule has 5 rings (SSSR count). The molecule has 2 amide bonds. The highest BCUT2D eigenvalue weighted by atomic mass is 16.3. The van der Waals surface area contributed by atoms with Gasteiger partial charge >= 0.3 is 0 Å². The van der Waals surface area contributed by atoms with Gasteiger partial charge in [0.2, 0.25) is 11.8 Å². The summed E-state index contributed by atoms with van der Waals surface area (Å²) in [6.45, 7) is 0.282. The molecule has 2 saturated carbocycles. The molecule has 4 aliphatic rings. The average molecular weight is 269 g/mol. The molecule has 1 spiro atoms. The molecule has 3 fully saturated rings. The molecule has 2 bridgehead atoms. The van der Waals surface area contributed by atoms with E-state index in [2.05, 4.69) is 12.2 Å². The zero-order chi connectivity index (χ0) is 13.5. The first-order chi connectivity index (χ1) is 9.72. The third-order valence-electron chi connectivity index (χ3n) is 5.84. The normalized spacial score (nSPS) is 39.1. The Balaban J connectivity index is 1.50. The van der Waals surface area contributed by atoms with Gasteiger partial charge in [0, 0.05) is 0 Å². The van der Waals surface area contributed by atoms with Crippen LogP contribution in [0.15, 0.2) is 35.0 Å². The number of furan rings is 1. The highest BCUT2D eigenvalue weighted by Gasteiger charge is 2.73. The summed E-state index contributed by atoms with van der Waals surface area (Å²) < 4.78 is 5.28. The lowest BCUT2D eigenvalue weighted by Crippen LogP contribution is -2.34. The molecular formula is C16H15NO3. The topological polar surface area (TPSA) is 50.5 Å². The Morgan fingerprint density at radius 2 is 1.80 bits per heavy atom. The van der Waals surface area contributed by atoms with Crippen molar-refractivity contribution < 1.29 is 14.0 Å². The fraction of sp³-hybridized carbons (Fsp3) is 0.500. The molecule has 0 aromatic carbocycles. The van der Waals surface area contributed by atoms with Crippen LogP contribution in [0.25, 0.3) is 0 Å². The van der Waals surface area contributed by atoms with Gasteiger partial charge in [-0.25, -0.2) is 0 Å². The van der Waals surface area contributed by atoms with E-state index in [1.807, 2.05) is 6.07 Å². The molecule has 1 aromatic rings. The maximum absolute atomic E-state index is 12.7. The van der Waals surface area contributed by atoms with Crippen LogP contribution in [0.5, 0.6) is 0 Å². The number of hydrogen-bond acceptors (Lipinski definition) is 3. The van der Waals surface area contributed by atoms with Crippen LogP contribution in [0.1, 0.15) is 18.6 Å². The van der Waals surface area contributed by atoms with Crippen LogP contribution in [0.3, 0.4) is 0 Å². The highest BCUT2D eigenvalue weighted by Crippen LogP contribution is 2.73. The van der Waals surface area contributed by atoms with Gasteiger partial charge in [-0.05, 0) is 42.2 Å². The summed E-state index contributed by atoms with van der Waals surface area (Å²) in [5.74, 6) is 1.10. The molecular weight excluding hydrogens is 254 g/mol. The van der Waals surface area contributed by atoms with Crippen molar-refractivity contribution in [2.75, 3.05) is 0 Å². The number of likely N-dealkylation sites (tertiary alicyclic amines) is 1. The summed E-state index contributed by atoms with van der Waals surface area (Å²) >= 11 is 0. The Kier molecular flexibility index (Phi) is 1.77. The van der Waals surface area contributed by atoms with Gasteiger partial charge in [0.1, 0.15) is 5.76 Å². The Labute approximate surface area is 116 Å². The van der Waals surface area contributed by atoms with Crippen LogP contribution in [0.2, 0.25) is 0 Å². The summed E-state index contributed by atoms with van der Waals surface area (Å²) in [5.41, 5.74) is 0.275. The number of carbonyl (C=O) groups excluding carboxylic acids is 2. The molecule has 0 N–H and O–H groups in total. The van der Waals surface area contributed by atoms with Crippen molar-refractivity contribution in [3.05, 3.63) is 36.3 Å². The van der Waals surface area contributed by atoms with Crippen LogP contribution in [0.4, 0.5) is 0 Å². The quantitative estimate of drug-likeness (QED) is 0.609. The maximum Gasteiger partial charge on any atom is 0.234 e. The van der Waals surface area contributed by atoms with E-state index < -0.39 is 0 Å². The largest absolute Gasteiger partial charge is 0.467 e. The number of nitrogens with zero attached hydrogens (tertiary/aromatic N) is 1. The van der Waals surface area contributed by atoms with Gasteiger partial charge in [-0.3, -0.25) is 14.5 Å². The lowest BCUT2D eigenvalue weighted by atomic mass is 9.85. The van der Waals surface area contributed by atoms with E-state index in [4.69, 9.17) is 4.42 Å². The SMILES string of the molecule is O=C1[C@@H]2[C@@H](C(=O)N1Cc1ccco1)[C@@H]1C=C[C@H]2C12CC2. The predicted octanol–water partition coefficient (Wildman–Crippen LogP) is 1.98. The first-order valence-electron chi connectivity index (χ1n) is 7.28. The lowest BCUT2D eigenvalue weighted by Gasteiger charge is -2.20. The number of hydrogen-bond donors (Lipinski definition) is 0. The monoisotopic (exact) mass is 269 g/mol. The Bertz CT molecular complexity index is 607. The maximum atomic E-state index is 12.7. The highest BCUT2D eigenvalue weighted by molar-refractivity contribution is 6.06. The van der Waals surface area contributed by atoms with E-state index in [0.29, 0.717) is 17.6 Å². The molecule has 1 saturated heterocycles. The minimum Gasteiger partial charge on any atom is -0.467 e. The number of allylic oxidation sites excluding steroid dienone is 2. The van der Waals surface area contributed by atoms with Crippen LogP contribution < -0.4 is 0 Å². The Hall–Kier alpha value is -1.84. The summed E-state index contributed by atoms with van der Waals surface area (Å²) in [7, 11) is 0. The van der Waals surface area contributed by atoms with Gasteiger partial charge in [0.05, 0.1) is 24.6 Å². The second-order valence-electron chi connectivity index (χ2n) is 6.56. The number of imide groups is 1.